The number of benzene rings is 2. The van der Waals surface area contributed by atoms with E-state index in [0.717, 1.165) is 22.8 Å². The third kappa shape index (κ3) is 2.19. The quantitative estimate of drug-likeness (QED) is 0.577. The van der Waals surface area contributed by atoms with E-state index in [4.69, 9.17) is 11.2 Å². The predicted octanol–water partition coefficient (Wildman–Crippen LogP) is 3.78. The van der Waals surface area contributed by atoms with Crippen LogP contribution >= 0.6 is 0 Å². The number of allylic oxidation sites excluding steroid dienone is 2. The van der Waals surface area contributed by atoms with Gasteiger partial charge < -0.3 is 4.74 Å². The lowest BCUT2D eigenvalue weighted by atomic mass is 9.88. The smallest absolute Gasteiger partial charge is 0.318 e. The summed E-state index contributed by atoms with van der Waals surface area (Å²) in [6, 6.07) is 14.1. The molecule has 1 aliphatic rings. The van der Waals surface area contributed by atoms with Crippen molar-refractivity contribution in [2.24, 2.45) is 0 Å². The van der Waals surface area contributed by atoms with Gasteiger partial charge in [0.25, 0.3) is 0 Å². The topological polar surface area (TPSA) is 26.3 Å². The zero-order valence-electron chi connectivity index (χ0n) is 11.0. The molecule has 2 aromatic rings. The number of rotatable bonds is 1. The van der Waals surface area contributed by atoms with E-state index in [9.17, 15) is 4.79 Å². The second kappa shape index (κ2) is 5.22. The third-order valence-electron chi connectivity index (χ3n) is 3.64. The van der Waals surface area contributed by atoms with Crippen molar-refractivity contribution in [2.75, 3.05) is 0 Å². The molecule has 0 aromatic heterocycles. The van der Waals surface area contributed by atoms with Gasteiger partial charge in [0.15, 0.2) is 0 Å². The minimum Gasteiger partial charge on any atom is -0.430 e. The third-order valence-corrected chi connectivity index (χ3v) is 3.64. The summed E-state index contributed by atoms with van der Waals surface area (Å²) in [7, 11) is 0. The van der Waals surface area contributed by atoms with E-state index in [2.05, 4.69) is 18.1 Å². The molecule has 0 radical (unpaired) electrons. The lowest BCUT2D eigenvalue weighted by molar-refractivity contribution is -0.143. The maximum Gasteiger partial charge on any atom is 0.318 e. The molecule has 3 rings (SSSR count). The first-order valence-corrected chi connectivity index (χ1v) is 6.64. The molecule has 0 N–H and O–H groups in total. The van der Waals surface area contributed by atoms with Crippen LogP contribution in [0, 0.1) is 12.3 Å². The lowest BCUT2D eigenvalue weighted by Crippen LogP contribution is -2.21. The molecule has 20 heavy (non-hydrogen) atoms. The molecule has 1 heterocycles. The van der Waals surface area contributed by atoms with E-state index in [0.29, 0.717) is 12.2 Å². The van der Waals surface area contributed by atoms with Gasteiger partial charge in [-0.3, -0.25) is 4.79 Å². The van der Waals surface area contributed by atoms with Gasteiger partial charge in [-0.1, -0.05) is 48.4 Å². The van der Waals surface area contributed by atoms with Gasteiger partial charge in [-0.15, -0.1) is 6.42 Å². The van der Waals surface area contributed by atoms with E-state index in [1.165, 1.54) is 6.08 Å². The van der Waals surface area contributed by atoms with Crippen molar-refractivity contribution >= 4 is 16.7 Å². The van der Waals surface area contributed by atoms with Crippen LogP contribution in [-0.4, -0.2) is 5.97 Å². The Morgan fingerprint density at radius 2 is 2.00 bits per heavy atom. The van der Waals surface area contributed by atoms with Crippen LogP contribution in [0.25, 0.3) is 10.8 Å². The Kier molecular flexibility index (Phi) is 3.26. The van der Waals surface area contributed by atoms with Gasteiger partial charge in [-0.25, -0.2) is 0 Å². The van der Waals surface area contributed by atoms with E-state index < -0.39 is 0 Å². The second-order valence-corrected chi connectivity index (χ2v) is 4.86. The highest BCUT2D eigenvalue weighted by Crippen LogP contribution is 2.34. The van der Waals surface area contributed by atoms with Gasteiger partial charge in [-0.05, 0) is 22.8 Å². The summed E-state index contributed by atoms with van der Waals surface area (Å²) in [6.07, 6.45) is 8.17. The predicted molar refractivity (Wildman–Crippen MR) is 78.9 cm³/mol. The zero-order chi connectivity index (χ0) is 13.9. The molecule has 1 saturated heterocycles. The molecule has 2 heteroatoms. The first-order chi connectivity index (χ1) is 9.79. The Balaban J connectivity index is 1.99. The number of terminal acetylenes is 1. The van der Waals surface area contributed by atoms with E-state index in [1.54, 1.807) is 0 Å². The first-order valence-electron chi connectivity index (χ1n) is 6.64. The Labute approximate surface area is 118 Å². The van der Waals surface area contributed by atoms with Crippen molar-refractivity contribution in [3.8, 4) is 12.3 Å². The second-order valence-electron chi connectivity index (χ2n) is 4.86. The van der Waals surface area contributed by atoms with Crippen LogP contribution in [0.15, 0.2) is 54.3 Å². The monoisotopic (exact) mass is 262 g/mol. The van der Waals surface area contributed by atoms with E-state index in [-0.39, 0.29) is 11.9 Å². The molecule has 98 valence electrons. The Morgan fingerprint density at radius 1 is 1.20 bits per heavy atom. The van der Waals surface area contributed by atoms with Crippen molar-refractivity contribution in [1.29, 1.82) is 0 Å². The summed E-state index contributed by atoms with van der Waals surface area (Å²) in [6.45, 7) is 0. The summed E-state index contributed by atoms with van der Waals surface area (Å²) in [5.41, 5.74) is 1.04. The minimum absolute atomic E-state index is 0.212. The summed E-state index contributed by atoms with van der Waals surface area (Å²) in [5.74, 6) is 2.57. The molecular formula is C18H14O2. The number of ether oxygens (including phenoxy) is 1. The highest BCUT2D eigenvalue weighted by Gasteiger charge is 2.29. The van der Waals surface area contributed by atoms with Crippen LogP contribution < -0.4 is 0 Å². The van der Waals surface area contributed by atoms with Crippen LogP contribution in [-0.2, 0) is 9.53 Å². The van der Waals surface area contributed by atoms with E-state index in [1.807, 2.05) is 30.3 Å². The number of carbonyl (C=O) groups excluding carboxylic acids is 1. The number of fused-ring (bicyclic) bond motifs is 1. The maximum absolute atomic E-state index is 12.2. The molecular weight excluding hydrogens is 248 g/mol. The molecule has 2 aromatic carbocycles. The van der Waals surface area contributed by atoms with Crippen molar-refractivity contribution in [3.63, 3.8) is 0 Å². The lowest BCUT2D eigenvalue weighted by Gasteiger charge is -2.23. The number of esters is 1. The molecule has 0 unspecified atom stereocenters. The molecule has 1 atom stereocenters. The summed E-state index contributed by atoms with van der Waals surface area (Å²) < 4.78 is 5.32. The molecule has 0 aliphatic carbocycles. The number of hydrogen-bond acceptors (Lipinski definition) is 2. The number of hydrogen-bond donors (Lipinski definition) is 0. The van der Waals surface area contributed by atoms with Crippen LogP contribution in [0.1, 0.15) is 24.3 Å². The fourth-order valence-electron chi connectivity index (χ4n) is 2.69. The van der Waals surface area contributed by atoms with Gasteiger partial charge in [0.2, 0.25) is 0 Å². The SMILES string of the molecule is C#C/C=C1\CC[C@H](c2cccc3ccccc23)C(=O)O1. The zero-order valence-corrected chi connectivity index (χ0v) is 11.0. The van der Waals surface area contributed by atoms with Crippen LogP contribution in [0.4, 0.5) is 0 Å². The van der Waals surface area contributed by atoms with Crippen LogP contribution in [0.3, 0.4) is 0 Å². The van der Waals surface area contributed by atoms with Crippen molar-refractivity contribution in [1.82, 2.24) is 0 Å². The van der Waals surface area contributed by atoms with Crippen LogP contribution in [0.2, 0.25) is 0 Å². The van der Waals surface area contributed by atoms with Crippen molar-refractivity contribution in [3.05, 3.63) is 59.9 Å². The van der Waals surface area contributed by atoms with Gasteiger partial charge in [0.05, 0.1) is 5.92 Å². The normalized spacial score (nSPS) is 20.6. The van der Waals surface area contributed by atoms with E-state index >= 15 is 0 Å². The van der Waals surface area contributed by atoms with Gasteiger partial charge >= 0.3 is 5.97 Å². The van der Waals surface area contributed by atoms with Gasteiger partial charge in [-0.2, -0.15) is 0 Å². The van der Waals surface area contributed by atoms with Crippen LogP contribution in [0.5, 0.6) is 0 Å². The summed E-state index contributed by atoms with van der Waals surface area (Å²) in [5, 5.41) is 2.25. The average Bonchev–Trinajstić information content (AvgIpc) is 2.47. The Hall–Kier alpha value is -2.53. The molecule has 0 amide bonds. The highest BCUT2D eigenvalue weighted by atomic mass is 16.5. The molecule has 1 fully saturated rings. The fraction of sp³-hybridized carbons (Fsp3) is 0.167. The maximum atomic E-state index is 12.2. The largest absolute Gasteiger partial charge is 0.430 e. The number of cyclic esters (lactones) is 1. The Bertz CT molecular complexity index is 729. The summed E-state index contributed by atoms with van der Waals surface area (Å²) >= 11 is 0. The average molecular weight is 262 g/mol. The summed E-state index contributed by atoms with van der Waals surface area (Å²) in [4.78, 5) is 12.2. The molecule has 0 bridgehead atoms. The Morgan fingerprint density at radius 3 is 2.80 bits per heavy atom. The van der Waals surface area contributed by atoms with Gasteiger partial charge in [0, 0.05) is 12.5 Å². The molecule has 0 saturated carbocycles. The van der Waals surface area contributed by atoms with Gasteiger partial charge in [0.1, 0.15) is 5.76 Å². The first kappa shape index (κ1) is 12.5. The van der Waals surface area contributed by atoms with Crippen molar-refractivity contribution in [2.45, 2.75) is 18.8 Å². The highest BCUT2D eigenvalue weighted by molar-refractivity contribution is 5.91. The molecule has 2 nitrogen and oxygen atoms in total. The minimum atomic E-state index is -0.214. The standard InChI is InChI=1S/C18H14O2/c1-2-6-14-11-12-17(18(19)20-14)16-10-5-8-13-7-3-4-9-15(13)16/h1,3-10,17H,11-12H2/b14-6+/t17-/m1/s1. The number of carbonyl (C=O) groups is 1. The fourth-order valence-corrected chi connectivity index (χ4v) is 2.69. The molecule has 1 aliphatic heterocycles. The van der Waals surface area contributed by atoms with Crippen molar-refractivity contribution < 1.29 is 9.53 Å². The molecule has 0 spiro atoms.